The minimum Gasteiger partial charge on any atom is -0.339 e. The molecule has 0 unspecified atom stereocenters. The van der Waals surface area contributed by atoms with Crippen LogP contribution in [-0.4, -0.2) is 40.0 Å². The fourth-order valence-electron chi connectivity index (χ4n) is 2.80. The number of amides is 2. The molecule has 3 rings (SSSR count). The fourth-order valence-corrected chi connectivity index (χ4v) is 3.70. The highest BCUT2D eigenvalue weighted by Gasteiger charge is 2.29. The van der Waals surface area contributed by atoms with Crippen LogP contribution in [0.25, 0.3) is 0 Å². The Balaban J connectivity index is 1.55. The Morgan fingerprint density at radius 3 is 2.64 bits per heavy atom. The van der Waals surface area contributed by atoms with Gasteiger partial charge in [0.25, 0.3) is 5.91 Å². The highest BCUT2D eigenvalue weighted by atomic mass is 35.5. The average molecular weight is 379 g/mol. The van der Waals surface area contributed by atoms with E-state index >= 15 is 0 Å². The molecule has 2 heterocycles. The van der Waals surface area contributed by atoms with Crippen molar-refractivity contribution in [1.82, 2.24) is 15.1 Å². The van der Waals surface area contributed by atoms with E-state index in [0.29, 0.717) is 41.6 Å². The molecule has 8 heteroatoms. The van der Waals surface area contributed by atoms with Gasteiger partial charge in [0.1, 0.15) is 5.01 Å². The standard InChI is InChI=1S/C17H19ClN4O2S/c1-2-14-20-21-17(25-14)19-15(23)11-7-9-22(10-8-11)16(24)12-5-3-4-6-13(12)18/h3-6,11H,2,7-10H2,1H3,(H,19,21,23). The predicted molar refractivity (Wildman–Crippen MR) is 98.0 cm³/mol. The third kappa shape index (κ3) is 4.16. The molecule has 1 aromatic heterocycles. The van der Waals surface area contributed by atoms with Crippen molar-refractivity contribution in [3.05, 3.63) is 39.9 Å². The minimum atomic E-state index is -0.121. The average Bonchev–Trinajstić information content (AvgIpc) is 3.09. The number of benzene rings is 1. The first-order chi connectivity index (χ1) is 12.1. The van der Waals surface area contributed by atoms with E-state index in [1.165, 1.54) is 11.3 Å². The van der Waals surface area contributed by atoms with E-state index in [2.05, 4.69) is 15.5 Å². The first-order valence-corrected chi connectivity index (χ1v) is 9.45. The maximum Gasteiger partial charge on any atom is 0.255 e. The molecule has 1 N–H and O–H groups in total. The molecule has 1 aliphatic rings. The summed E-state index contributed by atoms with van der Waals surface area (Å²) in [5.41, 5.74) is 0.507. The Morgan fingerprint density at radius 2 is 2.00 bits per heavy atom. The molecule has 1 fully saturated rings. The third-order valence-electron chi connectivity index (χ3n) is 4.26. The lowest BCUT2D eigenvalue weighted by Crippen LogP contribution is -2.41. The fraction of sp³-hybridized carbons (Fsp3) is 0.412. The van der Waals surface area contributed by atoms with E-state index in [-0.39, 0.29) is 17.7 Å². The first kappa shape index (κ1) is 17.8. The van der Waals surface area contributed by atoms with Crippen LogP contribution >= 0.6 is 22.9 Å². The van der Waals surface area contributed by atoms with Crippen LogP contribution < -0.4 is 5.32 Å². The molecular weight excluding hydrogens is 360 g/mol. The number of halogens is 1. The van der Waals surface area contributed by atoms with Crippen LogP contribution in [-0.2, 0) is 11.2 Å². The second-order valence-corrected chi connectivity index (χ2v) is 7.36. The van der Waals surface area contributed by atoms with Gasteiger partial charge in [0.05, 0.1) is 10.6 Å². The number of anilines is 1. The van der Waals surface area contributed by atoms with Gasteiger partial charge < -0.3 is 10.2 Å². The maximum atomic E-state index is 12.5. The molecule has 0 saturated carbocycles. The summed E-state index contributed by atoms with van der Waals surface area (Å²) < 4.78 is 0. The SMILES string of the molecule is CCc1nnc(NC(=O)C2CCN(C(=O)c3ccccc3Cl)CC2)s1. The van der Waals surface area contributed by atoms with Gasteiger partial charge in [-0.05, 0) is 31.4 Å². The van der Waals surface area contributed by atoms with Crippen LogP contribution in [0.5, 0.6) is 0 Å². The second kappa shape index (κ2) is 7.93. The van der Waals surface area contributed by atoms with Crippen molar-refractivity contribution in [2.45, 2.75) is 26.2 Å². The van der Waals surface area contributed by atoms with Gasteiger partial charge in [-0.2, -0.15) is 0 Å². The van der Waals surface area contributed by atoms with Crippen LogP contribution in [0.1, 0.15) is 35.1 Å². The Bertz CT molecular complexity index is 772. The molecule has 0 spiro atoms. The Morgan fingerprint density at radius 1 is 1.28 bits per heavy atom. The summed E-state index contributed by atoms with van der Waals surface area (Å²) >= 11 is 7.49. The molecular formula is C17H19ClN4O2S. The zero-order chi connectivity index (χ0) is 17.8. The van der Waals surface area contributed by atoms with Crippen molar-refractivity contribution < 1.29 is 9.59 Å². The van der Waals surface area contributed by atoms with Crippen LogP contribution in [0.15, 0.2) is 24.3 Å². The largest absolute Gasteiger partial charge is 0.339 e. The molecule has 1 saturated heterocycles. The molecule has 2 aromatic rings. The first-order valence-electron chi connectivity index (χ1n) is 8.25. The summed E-state index contributed by atoms with van der Waals surface area (Å²) in [4.78, 5) is 26.7. The zero-order valence-corrected chi connectivity index (χ0v) is 15.4. The van der Waals surface area contributed by atoms with Gasteiger partial charge in [0.2, 0.25) is 11.0 Å². The molecule has 25 heavy (non-hydrogen) atoms. The molecule has 2 amide bonds. The number of piperidine rings is 1. The maximum absolute atomic E-state index is 12.5. The highest BCUT2D eigenvalue weighted by molar-refractivity contribution is 7.15. The van der Waals surface area contributed by atoms with Crippen molar-refractivity contribution in [3.8, 4) is 0 Å². The molecule has 0 aliphatic carbocycles. The van der Waals surface area contributed by atoms with E-state index in [0.717, 1.165) is 11.4 Å². The summed E-state index contributed by atoms with van der Waals surface area (Å²) in [7, 11) is 0. The summed E-state index contributed by atoms with van der Waals surface area (Å²) in [6, 6.07) is 7.03. The third-order valence-corrected chi connectivity index (χ3v) is 5.57. The van der Waals surface area contributed by atoms with E-state index < -0.39 is 0 Å². The Hall–Kier alpha value is -1.99. The molecule has 0 radical (unpaired) electrons. The van der Waals surface area contributed by atoms with Crippen molar-refractivity contribution in [2.75, 3.05) is 18.4 Å². The van der Waals surface area contributed by atoms with E-state index in [4.69, 9.17) is 11.6 Å². The second-order valence-electron chi connectivity index (χ2n) is 5.89. The normalized spacial score (nSPS) is 15.2. The lowest BCUT2D eigenvalue weighted by atomic mass is 9.95. The van der Waals surface area contributed by atoms with Crippen molar-refractivity contribution in [1.29, 1.82) is 0 Å². The van der Waals surface area contributed by atoms with Gasteiger partial charge in [-0.1, -0.05) is 42.0 Å². The van der Waals surface area contributed by atoms with Crippen LogP contribution in [0, 0.1) is 5.92 Å². The molecule has 6 nitrogen and oxygen atoms in total. The summed E-state index contributed by atoms with van der Waals surface area (Å²) in [6.45, 7) is 3.08. The lowest BCUT2D eigenvalue weighted by Gasteiger charge is -2.31. The number of carbonyl (C=O) groups is 2. The van der Waals surface area contributed by atoms with Gasteiger partial charge in [-0.25, -0.2) is 0 Å². The van der Waals surface area contributed by atoms with Gasteiger partial charge >= 0.3 is 0 Å². The van der Waals surface area contributed by atoms with Gasteiger partial charge in [0.15, 0.2) is 0 Å². The van der Waals surface area contributed by atoms with Crippen LogP contribution in [0.4, 0.5) is 5.13 Å². The van der Waals surface area contributed by atoms with Crippen LogP contribution in [0.3, 0.4) is 0 Å². The number of hydrogen-bond donors (Lipinski definition) is 1. The molecule has 132 valence electrons. The highest BCUT2D eigenvalue weighted by Crippen LogP contribution is 2.24. The number of aryl methyl sites for hydroxylation is 1. The quantitative estimate of drug-likeness (QED) is 0.886. The number of nitrogens with zero attached hydrogens (tertiary/aromatic N) is 3. The van der Waals surface area contributed by atoms with E-state index in [1.54, 1.807) is 29.2 Å². The van der Waals surface area contributed by atoms with Gasteiger partial charge in [-0.15, -0.1) is 10.2 Å². The Labute approximate surface area is 155 Å². The predicted octanol–water partition coefficient (Wildman–Crippen LogP) is 3.24. The monoisotopic (exact) mass is 378 g/mol. The number of hydrogen-bond acceptors (Lipinski definition) is 5. The molecule has 1 aromatic carbocycles. The van der Waals surface area contributed by atoms with Crippen molar-refractivity contribution >= 4 is 39.9 Å². The Kier molecular flexibility index (Phi) is 5.65. The van der Waals surface area contributed by atoms with Crippen molar-refractivity contribution in [2.24, 2.45) is 5.92 Å². The zero-order valence-electron chi connectivity index (χ0n) is 13.9. The summed E-state index contributed by atoms with van der Waals surface area (Å²) in [5.74, 6) is -0.255. The lowest BCUT2D eigenvalue weighted by molar-refractivity contribution is -0.121. The van der Waals surface area contributed by atoms with Gasteiger partial charge in [0, 0.05) is 19.0 Å². The van der Waals surface area contributed by atoms with Crippen LogP contribution in [0.2, 0.25) is 5.02 Å². The number of carbonyl (C=O) groups excluding carboxylic acids is 2. The molecule has 0 bridgehead atoms. The topological polar surface area (TPSA) is 75.2 Å². The summed E-state index contributed by atoms with van der Waals surface area (Å²) in [6.07, 6.45) is 2.05. The van der Waals surface area contributed by atoms with Gasteiger partial charge in [-0.3, -0.25) is 9.59 Å². The van der Waals surface area contributed by atoms with Crippen molar-refractivity contribution in [3.63, 3.8) is 0 Å². The minimum absolute atomic E-state index is 0.0522. The van der Waals surface area contributed by atoms with E-state index in [1.807, 2.05) is 6.92 Å². The summed E-state index contributed by atoms with van der Waals surface area (Å²) in [5, 5.41) is 12.7. The van der Waals surface area contributed by atoms with E-state index in [9.17, 15) is 9.59 Å². The smallest absolute Gasteiger partial charge is 0.255 e. The number of aromatic nitrogens is 2. The number of likely N-dealkylation sites (tertiary alicyclic amines) is 1. The molecule has 0 atom stereocenters. The number of nitrogens with one attached hydrogen (secondary N) is 1. The molecule has 1 aliphatic heterocycles. The number of rotatable bonds is 4.